The fourth-order valence-electron chi connectivity index (χ4n) is 3.22. The van der Waals surface area contributed by atoms with Crippen LogP contribution in [0.5, 0.6) is 11.5 Å². The Morgan fingerprint density at radius 2 is 1.72 bits per heavy atom. The molecule has 3 rings (SSSR count). The monoisotopic (exact) mass is 529 g/mol. The highest BCUT2D eigenvalue weighted by atomic mass is 35.5. The van der Waals surface area contributed by atoms with Crippen molar-refractivity contribution in [2.75, 3.05) is 17.5 Å². The third-order valence-electron chi connectivity index (χ3n) is 4.78. The number of nitrogens with zero attached hydrogens (tertiary/aromatic N) is 2. The largest absolute Gasteiger partial charge is 0.492 e. The zero-order valence-electron chi connectivity index (χ0n) is 20.2. The molecular weight excluding hydrogens is 502 g/mol. The molecule has 0 fully saturated rings. The van der Waals surface area contributed by atoms with E-state index >= 15 is 0 Å². The molecule has 0 radical (unpaired) electrons. The first-order valence-electron chi connectivity index (χ1n) is 11.3. The third kappa shape index (κ3) is 7.22. The van der Waals surface area contributed by atoms with Crippen LogP contribution in [0.25, 0.3) is 0 Å². The van der Waals surface area contributed by atoms with Gasteiger partial charge in [0.2, 0.25) is 0 Å². The summed E-state index contributed by atoms with van der Waals surface area (Å²) >= 11 is 5.93. The number of halogens is 1. The van der Waals surface area contributed by atoms with Gasteiger partial charge in [0.05, 0.1) is 29.5 Å². The quantitative estimate of drug-likeness (QED) is 0.282. The summed E-state index contributed by atoms with van der Waals surface area (Å²) in [5, 5.41) is 4.36. The number of rotatable bonds is 11. The molecule has 0 unspecified atom stereocenters. The molecule has 0 atom stereocenters. The zero-order valence-corrected chi connectivity index (χ0v) is 21.8. The first-order valence-corrected chi connectivity index (χ1v) is 13.1. The molecule has 0 aliphatic heterocycles. The number of sulfonamides is 1. The lowest BCUT2D eigenvalue weighted by atomic mass is 10.2. The lowest BCUT2D eigenvalue weighted by Gasteiger charge is -2.25. The lowest BCUT2D eigenvalue weighted by Crippen LogP contribution is -2.39. The van der Waals surface area contributed by atoms with Crippen LogP contribution in [0.1, 0.15) is 26.3 Å². The molecule has 0 heterocycles. The van der Waals surface area contributed by atoms with Gasteiger partial charge < -0.3 is 9.47 Å². The van der Waals surface area contributed by atoms with Gasteiger partial charge in [0, 0.05) is 5.02 Å². The number of hydrazone groups is 1. The van der Waals surface area contributed by atoms with Crippen LogP contribution in [0, 0.1) is 0 Å². The average molecular weight is 530 g/mol. The van der Waals surface area contributed by atoms with E-state index in [1.165, 1.54) is 30.5 Å². The topological polar surface area (TPSA) is 97.3 Å². The molecule has 0 bridgehead atoms. The van der Waals surface area contributed by atoms with E-state index < -0.39 is 22.5 Å². The molecule has 0 saturated carbocycles. The van der Waals surface area contributed by atoms with Crippen LogP contribution in [0.15, 0.2) is 82.8 Å². The van der Waals surface area contributed by atoms with Crippen molar-refractivity contribution in [3.8, 4) is 11.5 Å². The molecule has 0 aromatic heterocycles. The van der Waals surface area contributed by atoms with Gasteiger partial charge in [-0.2, -0.15) is 5.10 Å². The van der Waals surface area contributed by atoms with Crippen molar-refractivity contribution >= 4 is 39.4 Å². The van der Waals surface area contributed by atoms with E-state index in [0.717, 1.165) is 15.6 Å². The minimum Gasteiger partial charge on any atom is -0.492 e. The number of benzene rings is 3. The van der Waals surface area contributed by atoms with Gasteiger partial charge in [0.15, 0.2) is 0 Å². The summed E-state index contributed by atoms with van der Waals surface area (Å²) in [6, 6.07) is 19.5. The summed E-state index contributed by atoms with van der Waals surface area (Å²) in [6.07, 6.45) is 1.52. The third-order valence-corrected chi connectivity index (χ3v) is 6.80. The number of amides is 1. The van der Waals surface area contributed by atoms with Gasteiger partial charge >= 0.3 is 0 Å². The van der Waals surface area contributed by atoms with E-state index in [1.807, 2.05) is 13.8 Å². The van der Waals surface area contributed by atoms with Crippen LogP contribution in [0.4, 0.5) is 5.69 Å². The molecule has 8 nitrogen and oxygen atoms in total. The molecular formula is C26H28ClN3O5S. The zero-order chi connectivity index (χ0) is 26.1. The molecule has 3 aromatic carbocycles. The van der Waals surface area contributed by atoms with Crippen molar-refractivity contribution in [2.45, 2.75) is 31.8 Å². The van der Waals surface area contributed by atoms with E-state index in [4.69, 9.17) is 21.1 Å². The Hall–Kier alpha value is -3.56. The summed E-state index contributed by atoms with van der Waals surface area (Å²) in [6.45, 7) is 5.47. The molecule has 1 amide bonds. The van der Waals surface area contributed by atoms with Gasteiger partial charge in [-0.15, -0.1) is 0 Å². The van der Waals surface area contributed by atoms with E-state index in [0.29, 0.717) is 17.4 Å². The van der Waals surface area contributed by atoms with Gasteiger partial charge in [0.25, 0.3) is 15.9 Å². The van der Waals surface area contributed by atoms with E-state index in [2.05, 4.69) is 10.5 Å². The number of hydrogen-bond donors (Lipinski definition) is 1. The van der Waals surface area contributed by atoms with Gasteiger partial charge in [0.1, 0.15) is 18.0 Å². The van der Waals surface area contributed by atoms with Gasteiger partial charge in [-0.05, 0) is 87.0 Å². The van der Waals surface area contributed by atoms with E-state index in [-0.39, 0.29) is 16.7 Å². The molecule has 0 aliphatic carbocycles. The average Bonchev–Trinajstić information content (AvgIpc) is 2.84. The maximum Gasteiger partial charge on any atom is 0.264 e. The van der Waals surface area contributed by atoms with Crippen LogP contribution >= 0.6 is 11.6 Å². The normalized spacial score (nSPS) is 11.5. The fourth-order valence-corrected chi connectivity index (χ4v) is 4.78. The molecule has 0 spiro atoms. The van der Waals surface area contributed by atoms with Gasteiger partial charge in [-0.25, -0.2) is 13.8 Å². The summed E-state index contributed by atoms with van der Waals surface area (Å²) in [5.74, 6) is 0.426. The van der Waals surface area contributed by atoms with Crippen molar-refractivity contribution in [1.82, 2.24) is 5.43 Å². The van der Waals surface area contributed by atoms with Gasteiger partial charge in [-0.1, -0.05) is 23.7 Å². The molecule has 0 aliphatic rings. The number of ether oxygens (including phenoxy) is 2. The molecule has 1 N–H and O–H groups in total. The molecule has 36 heavy (non-hydrogen) atoms. The second-order valence-corrected chi connectivity index (χ2v) is 10.2. The Kier molecular flexibility index (Phi) is 9.32. The molecule has 190 valence electrons. The maximum absolute atomic E-state index is 13.5. The van der Waals surface area contributed by atoms with Crippen molar-refractivity contribution < 1.29 is 22.7 Å². The Labute approximate surface area is 216 Å². The fraction of sp³-hybridized carbons (Fsp3) is 0.231. The summed E-state index contributed by atoms with van der Waals surface area (Å²) in [5.41, 5.74) is 3.36. The number of hydrogen-bond acceptors (Lipinski definition) is 6. The minimum absolute atomic E-state index is 0.0155. The van der Waals surface area contributed by atoms with Crippen LogP contribution in [-0.2, 0) is 14.8 Å². The first kappa shape index (κ1) is 27.0. The van der Waals surface area contributed by atoms with E-state index in [1.54, 1.807) is 55.5 Å². The maximum atomic E-state index is 13.5. The number of carbonyl (C=O) groups excluding carboxylic acids is 1. The molecule has 10 heteroatoms. The van der Waals surface area contributed by atoms with Crippen molar-refractivity contribution in [3.05, 3.63) is 83.4 Å². The second kappa shape index (κ2) is 12.4. The highest BCUT2D eigenvalue weighted by molar-refractivity contribution is 7.92. The predicted octanol–water partition coefficient (Wildman–Crippen LogP) is 4.87. The number of anilines is 1. The van der Waals surface area contributed by atoms with Crippen molar-refractivity contribution in [3.63, 3.8) is 0 Å². The molecule has 3 aromatic rings. The standard InChI is InChI=1S/C26H28ClN3O5S/c1-4-34-25-8-6-5-7-24(25)30(36(32,33)23-15-11-21(27)12-16-23)18-26(31)29-28-17-20-9-13-22(14-10-20)35-19(2)3/h5-17,19H,4,18H2,1-3H3,(H,29,31)/b28-17-. The first-order chi connectivity index (χ1) is 17.2. The summed E-state index contributed by atoms with van der Waals surface area (Å²) in [7, 11) is -4.13. The van der Waals surface area contributed by atoms with Crippen LogP contribution < -0.4 is 19.2 Å². The predicted molar refractivity (Wildman–Crippen MR) is 142 cm³/mol. The SMILES string of the molecule is CCOc1ccccc1N(CC(=O)N/N=C\c1ccc(OC(C)C)cc1)S(=O)(=O)c1ccc(Cl)cc1. The Bertz CT molecular complexity index is 1290. The van der Waals surface area contributed by atoms with Crippen LogP contribution in [0.2, 0.25) is 5.02 Å². The Morgan fingerprint density at radius 1 is 1.06 bits per heavy atom. The highest BCUT2D eigenvalue weighted by Gasteiger charge is 2.29. The van der Waals surface area contributed by atoms with Crippen molar-refractivity contribution in [2.24, 2.45) is 5.10 Å². The van der Waals surface area contributed by atoms with Crippen LogP contribution in [-0.4, -0.2) is 39.8 Å². The Morgan fingerprint density at radius 3 is 2.36 bits per heavy atom. The highest BCUT2D eigenvalue weighted by Crippen LogP contribution is 2.32. The number of para-hydroxylation sites is 2. The Balaban J connectivity index is 1.82. The minimum atomic E-state index is -4.13. The van der Waals surface area contributed by atoms with Gasteiger partial charge in [-0.3, -0.25) is 9.10 Å². The molecule has 0 saturated heterocycles. The number of carbonyl (C=O) groups is 1. The van der Waals surface area contributed by atoms with Crippen LogP contribution in [0.3, 0.4) is 0 Å². The summed E-state index contributed by atoms with van der Waals surface area (Å²) in [4.78, 5) is 12.8. The van der Waals surface area contributed by atoms with Crippen molar-refractivity contribution in [1.29, 1.82) is 0 Å². The second-order valence-electron chi connectivity index (χ2n) is 7.90. The van der Waals surface area contributed by atoms with E-state index in [9.17, 15) is 13.2 Å². The summed E-state index contributed by atoms with van der Waals surface area (Å²) < 4.78 is 39.3. The lowest BCUT2D eigenvalue weighted by molar-refractivity contribution is -0.119. The number of nitrogens with one attached hydrogen (secondary N) is 1. The smallest absolute Gasteiger partial charge is 0.264 e.